The van der Waals surface area contributed by atoms with Gasteiger partial charge in [0.15, 0.2) is 6.10 Å². The third kappa shape index (κ3) is 2.94. The molecule has 1 amide bonds. The predicted molar refractivity (Wildman–Crippen MR) is 74.2 cm³/mol. The van der Waals surface area contributed by atoms with E-state index in [0.717, 1.165) is 4.88 Å². The molecule has 0 bridgehead atoms. The maximum absolute atomic E-state index is 11.9. The number of hydrogen-bond donors (Lipinski definition) is 1. The van der Waals surface area contributed by atoms with E-state index in [-0.39, 0.29) is 5.91 Å². The van der Waals surface area contributed by atoms with Gasteiger partial charge in [0.2, 0.25) is 0 Å². The van der Waals surface area contributed by atoms with Gasteiger partial charge in [0.05, 0.1) is 26.4 Å². The van der Waals surface area contributed by atoms with Crippen molar-refractivity contribution in [3.8, 4) is 0 Å². The minimum Gasteiger partial charge on any atom is -0.376 e. The number of carbonyl (C=O) groups excluding carboxylic acids is 1. The number of fused-ring (bicyclic) bond motifs is 1. The second-order valence-electron chi connectivity index (χ2n) is 4.40. The molecule has 0 saturated carbocycles. The molecule has 0 unspecified atom stereocenters. The van der Waals surface area contributed by atoms with E-state index in [9.17, 15) is 4.79 Å². The lowest BCUT2D eigenvalue weighted by molar-refractivity contribution is -0.147. The zero-order chi connectivity index (χ0) is 13.1. The quantitative estimate of drug-likeness (QED) is 0.932. The van der Waals surface area contributed by atoms with Gasteiger partial charge < -0.3 is 14.8 Å². The number of thiophene rings is 1. The second-order valence-corrected chi connectivity index (χ2v) is 5.57. The SMILES string of the molecule is O=C(NCc1cc2ccccc2s1)[C@H]1COCCO1. The van der Waals surface area contributed by atoms with Crippen LogP contribution >= 0.6 is 11.3 Å². The van der Waals surface area contributed by atoms with Crippen LogP contribution in [0.3, 0.4) is 0 Å². The van der Waals surface area contributed by atoms with Crippen LogP contribution in [0.5, 0.6) is 0 Å². The molecule has 1 aliphatic heterocycles. The van der Waals surface area contributed by atoms with Crippen molar-refractivity contribution >= 4 is 27.3 Å². The number of rotatable bonds is 3. The number of nitrogens with one attached hydrogen (secondary N) is 1. The number of hydrogen-bond acceptors (Lipinski definition) is 4. The van der Waals surface area contributed by atoms with Gasteiger partial charge in [0.25, 0.3) is 5.91 Å². The van der Waals surface area contributed by atoms with Gasteiger partial charge >= 0.3 is 0 Å². The van der Waals surface area contributed by atoms with Crippen LogP contribution in [0.25, 0.3) is 10.1 Å². The Morgan fingerprint density at radius 1 is 1.37 bits per heavy atom. The molecule has 1 fully saturated rings. The van der Waals surface area contributed by atoms with Crippen molar-refractivity contribution in [3.63, 3.8) is 0 Å². The van der Waals surface area contributed by atoms with Crippen LogP contribution in [0.1, 0.15) is 4.88 Å². The van der Waals surface area contributed by atoms with Crippen LogP contribution in [0, 0.1) is 0 Å². The average Bonchev–Trinajstić information content (AvgIpc) is 2.88. The first-order valence-corrected chi connectivity index (χ1v) is 7.09. The topological polar surface area (TPSA) is 47.6 Å². The van der Waals surface area contributed by atoms with Gasteiger partial charge in [-0.15, -0.1) is 11.3 Å². The van der Waals surface area contributed by atoms with E-state index >= 15 is 0 Å². The number of carbonyl (C=O) groups is 1. The van der Waals surface area contributed by atoms with Crippen molar-refractivity contribution < 1.29 is 14.3 Å². The zero-order valence-corrected chi connectivity index (χ0v) is 11.2. The van der Waals surface area contributed by atoms with Gasteiger partial charge in [-0.25, -0.2) is 0 Å². The molecule has 4 nitrogen and oxygen atoms in total. The summed E-state index contributed by atoms with van der Waals surface area (Å²) in [6.07, 6.45) is -0.469. The van der Waals surface area contributed by atoms with E-state index in [1.165, 1.54) is 10.1 Å². The van der Waals surface area contributed by atoms with Gasteiger partial charge in [-0.2, -0.15) is 0 Å². The van der Waals surface area contributed by atoms with E-state index in [1.807, 2.05) is 12.1 Å². The maximum Gasteiger partial charge on any atom is 0.251 e. The Morgan fingerprint density at radius 2 is 2.26 bits per heavy atom. The molecular formula is C14H15NO3S. The molecule has 2 aromatic rings. The first-order valence-electron chi connectivity index (χ1n) is 6.27. The van der Waals surface area contributed by atoms with Crippen molar-refractivity contribution in [2.75, 3.05) is 19.8 Å². The Kier molecular flexibility index (Phi) is 3.77. The molecule has 5 heteroatoms. The fourth-order valence-corrected chi connectivity index (χ4v) is 3.06. The summed E-state index contributed by atoms with van der Waals surface area (Å²) in [5.74, 6) is -0.0999. The predicted octanol–water partition coefficient (Wildman–Crippen LogP) is 1.93. The largest absolute Gasteiger partial charge is 0.376 e. The van der Waals surface area contributed by atoms with Crippen LogP contribution in [0.4, 0.5) is 0 Å². The van der Waals surface area contributed by atoms with Crippen LogP contribution in [-0.4, -0.2) is 31.8 Å². The molecule has 3 rings (SSSR count). The van der Waals surface area contributed by atoms with Crippen molar-refractivity contribution in [1.82, 2.24) is 5.32 Å². The van der Waals surface area contributed by atoms with E-state index in [4.69, 9.17) is 9.47 Å². The third-order valence-electron chi connectivity index (χ3n) is 3.02. The summed E-state index contributed by atoms with van der Waals surface area (Å²) in [7, 11) is 0. The van der Waals surface area contributed by atoms with Gasteiger partial charge in [0, 0.05) is 9.58 Å². The molecule has 1 aromatic carbocycles. The van der Waals surface area contributed by atoms with Gasteiger partial charge in [-0.3, -0.25) is 4.79 Å². The molecule has 0 aliphatic carbocycles. The number of amides is 1. The van der Waals surface area contributed by atoms with E-state index in [1.54, 1.807) is 11.3 Å². The molecule has 0 spiro atoms. The Hall–Kier alpha value is -1.43. The second kappa shape index (κ2) is 5.69. The van der Waals surface area contributed by atoms with Crippen LogP contribution in [0.15, 0.2) is 30.3 Å². The zero-order valence-electron chi connectivity index (χ0n) is 10.4. The molecule has 1 atom stereocenters. The summed E-state index contributed by atoms with van der Waals surface area (Å²) >= 11 is 1.70. The van der Waals surface area contributed by atoms with E-state index in [0.29, 0.717) is 26.4 Å². The minimum absolute atomic E-state index is 0.0999. The van der Waals surface area contributed by atoms with Crippen molar-refractivity contribution in [2.24, 2.45) is 0 Å². The summed E-state index contributed by atoms with van der Waals surface area (Å²) in [6.45, 7) is 1.94. The molecular weight excluding hydrogens is 262 g/mol. The third-order valence-corrected chi connectivity index (χ3v) is 4.14. The monoisotopic (exact) mass is 277 g/mol. The summed E-state index contributed by atoms with van der Waals surface area (Å²) in [6, 6.07) is 10.3. The van der Waals surface area contributed by atoms with E-state index < -0.39 is 6.10 Å². The first kappa shape index (κ1) is 12.6. The highest BCUT2D eigenvalue weighted by Gasteiger charge is 2.22. The molecule has 1 aliphatic rings. The maximum atomic E-state index is 11.9. The highest BCUT2D eigenvalue weighted by molar-refractivity contribution is 7.19. The lowest BCUT2D eigenvalue weighted by atomic mass is 10.2. The molecule has 2 heterocycles. The molecule has 1 aromatic heterocycles. The summed E-state index contributed by atoms with van der Waals surface area (Å²) in [5.41, 5.74) is 0. The molecule has 1 N–H and O–H groups in total. The summed E-state index contributed by atoms with van der Waals surface area (Å²) < 4.78 is 11.8. The fraction of sp³-hybridized carbons (Fsp3) is 0.357. The van der Waals surface area contributed by atoms with Crippen molar-refractivity contribution in [2.45, 2.75) is 12.6 Å². The van der Waals surface area contributed by atoms with Gasteiger partial charge in [-0.05, 0) is 17.5 Å². The highest BCUT2D eigenvalue weighted by Crippen LogP contribution is 2.24. The van der Waals surface area contributed by atoms with Crippen LogP contribution in [0.2, 0.25) is 0 Å². The molecule has 100 valence electrons. The molecule has 19 heavy (non-hydrogen) atoms. The van der Waals surface area contributed by atoms with Crippen molar-refractivity contribution in [1.29, 1.82) is 0 Å². The normalized spacial score (nSPS) is 19.5. The van der Waals surface area contributed by atoms with Gasteiger partial charge in [0.1, 0.15) is 0 Å². The first-order chi connectivity index (χ1) is 9.33. The van der Waals surface area contributed by atoms with Crippen LogP contribution < -0.4 is 5.32 Å². The standard InChI is InChI=1S/C14H15NO3S/c16-14(12-9-17-5-6-18-12)15-8-11-7-10-3-1-2-4-13(10)19-11/h1-4,7,12H,5-6,8-9H2,(H,15,16)/t12-/m1/s1. The average molecular weight is 277 g/mol. The molecule has 0 radical (unpaired) electrons. The van der Waals surface area contributed by atoms with Crippen molar-refractivity contribution in [3.05, 3.63) is 35.2 Å². The number of benzene rings is 1. The molecule has 1 saturated heterocycles. The highest BCUT2D eigenvalue weighted by atomic mass is 32.1. The Morgan fingerprint density at radius 3 is 3.05 bits per heavy atom. The lowest BCUT2D eigenvalue weighted by Gasteiger charge is -2.21. The fourth-order valence-electron chi connectivity index (χ4n) is 2.05. The Labute approximate surface area is 115 Å². The number of ether oxygens (including phenoxy) is 2. The Bertz CT molecular complexity index is 542. The van der Waals surface area contributed by atoms with Crippen LogP contribution in [-0.2, 0) is 20.8 Å². The minimum atomic E-state index is -0.469. The smallest absolute Gasteiger partial charge is 0.251 e. The lowest BCUT2D eigenvalue weighted by Crippen LogP contribution is -2.42. The van der Waals surface area contributed by atoms with E-state index in [2.05, 4.69) is 23.5 Å². The Balaban J connectivity index is 1.60. The summed E-state index contributed by atoms with van der Waals surface area (Å²) in [5, 5.41) is 4.11. The van der Waals surface area contributed by atoms with Gasteiger partial charge in [-0.1, -0.05) is 18.2 Å². The summed E-state index contributed by atoms with van der Waals surface area (Å²) in [4.78, 5) is 13.0.